The number of aromatic nitrogens is 3. The van der Waals surface area contributed by atoms with Crippen LogP contribution in [0.4, 0.5) is 30.7 Å². The Morgan fingerprint density at radius 2 is 1.67 bits per heavy atom. The van der Waals surface area contributed by atoms with Gasteiger partial charge in [0.25, 0.3) is 0 Å². The van der Waals surface area contributed by atoms with Crippen LogP contribution in [-0.2, 0) is 12.6 Å². The Balaban J connectivity index is 2.06. The minimum absolute atomic E-state index is 0.00416. The van der Waals surface area contributed by atoms with Crippen molar-refractivity contribution < 1.29 is 35.5 Å². The van der Waals surface area contributed by atoms with Gasteiger partial charge in [0, 0.05) is 5.56 Å². The lowest BCUT2D eigenvalue weighted by atomic mass is 9.99. The number of rotatable bonds is 4. The van der Waals surface area contributed by atoms with Crippen molar-refractivity contribution in [2.45, 2.75) is 19.0 Å². The summed E-state index contributed by atoms with van der Waals surface area (Å²) in [5.41, 5.74) is -1.51. The van der Waals surface area contributed by atoms with E-state index in [1.54, 1.807) is 6.07 Å². The molecule has 2 aromatic carbocycles. The second-order valence-electron chi connectivity index (χ2n) is 6.08. The van der Waals surface area contributed by atoms with Crippen LogP contribution in [0.25, 0.3) is 11.3 Å². The number of hydrogen-bond donors (Lipinski definition) is 1. The van der Waals surface area contributed by atoms with E-state index in [1.165, 1.54) is 6.07 Å². The van der Waals surface area contributed by atoms with Crippen molar-refractivity contribution in [1.29, 1.82) is 5.26 Å². The van der Waals surface area contributed by atoms with Gasteiger partial charge in [-0.05, 0) is 53.9 Å². The summed E-state index contributed by atoms with van der Waals surface area (Å²) in [6.45, 7) is 0. The first kappa shape index (κ1) is 21.1. The average Bonchev–Trinajstić information content (AvgIpc) is 3.07. The molecule has 1 aromatic heterocycles. The Kier molecular flexibility index (Phi) is 5.39. The highest BCUT2D eigenvalue weighted by Gasteiger charge is 2.32. The minimum atomic E-state index is -5.04. The highest BCUT2D eigenvalue weighted by molar-refractivity contribution is 5.67. The molecule has 3 aromatic rings. The van der Waals surface area contributed by atoms with E-state index in [0.29, 0.717) is 12.1 Å². The van der Waals surface area contributed by atoms with Crippen molar-refractivity contribution in [3.8, 4) is 23.1 Å². The molecule has 0 atom stereocenters. The largest absolute Gasteiger partial charge is 0.573 e. The van der Waals surface area contributed by atoms with Gasteiger partial charge >= 0.3 is 12.5 Å². The van der Waals surface area contributed by atoms with Gasteiger partial charge < -0.3 is 4.74 Å². The third-order valence-electron chi connectivity index (χ3n) is 3.83. The number of halogens is 7. The Morgan fingerprint density at radius 3 is 2.30 bits per heavy atom. The number of nitrogens with zero attached hydrogens (tertiary/aromatic N) is 3. The molecule has 0 aliphatic carbocycles. The fraction of sp³-hybridized carbons (Fsp3) is 0.167. The number of aromatic amines is 1. The molecule has 0 aliphatic heterocycles. The SMILES string of the molecule is N#Cc1[nH]nnc1-c1cc(Cc2cc(F)cc(C(F)(F)F)c2)cc(OC(F)(F)F)c1. The van der Waals surface area contributed by atoms with E-state index >= 15 is 0 Å². The van der Waals surface area contributed by atoms with E-state index in [9.17, 15) is 30.7 Å². The number of benzene rings is 2. The lowest BCUT2D eigenvalue weighted by molar-refractivity contribution is -0.274. The van der Waals surface area contributed by atoms with Crippen molar-refractivity contribution in [2.24, 2.45) is 0 Å². The Hall–Kier alpha value is -3.62. The topological polar surface area (TPSA) is 74.6 Å². The highest BCUT2D eigenvalue weighted by atomic mass is 19.4. The third kappa shape index (κ3) is 5.05. The molecule has 0 bridgehead atoms. The number of ether oxygens (including phenoxy) is 1. The van der Waals surface area contributed by atoms with Crippen LogP contribution >= 0.6 is 0 Å². The Labute approximate surface area is 163 Å². The summed E-state index contributed by atoms with van der Waals surface area (Å²) in [4.78, 5) is 0. The van der Waals surface area contributed by atoms with Crippen LogP contribution in [-0.4, -0.2) is 21.8 Å². The second kappa shape index (κ2) is 7.66. The maximum Gasteiger partial charge on any atom is 0.573 e. The molecule has 5 nitrogen and oxygen atoms in total. The molecule has 0 aliphatic rings. The van der Waals surface area contributed by atoms with Gasteiger partial charge in [-0.15, -0.1) is 18.3 Å². The summed E-state index contributed by atoms with van der Waals surface area (Å²) >= 11 is 0. The molecule has 0 unspecified atom stereocenters. The van der Waals surface area contributed by atoms with Gasteiger partial charge in [0.15, 0.2) is 5.69 Å². The molecule has 30 heavy (non-hydrogen) atoms. The van der Waals surface area contributed by atoms with Crippen molar-refractivity contribution in [3.05, 3.63) is 64.6 Å². The van der Waals surface area contributed by atoms with Crippen LogP contribution in [0, 0.1) is 17.1 Å². The molecule has 0 fully saturated rings. The first-order chi connectivity index (χ1) is 13.9. The molecule has 3 rings (SSSR count). The molecule has 156 valence electrons. The molecule has 12 heteroatoms. The molecular formula is C18H9F7N4O. The summed E-state index contributed by atoms with van der Waals surface area (Å²) in [5.74, 6) is -1.83. The van der Waals surface area contributed by atoms with Crippen LogP contribution in [0.1, 0.15) is 22.4 Å². The van der Waals surface area contributed by atoms with Gasteiger partial charge in [-0.3, -0.25) is 0 Å². The fourth-order valence-corrected chi connectivity index (χ4v) is 2.75. The number of hydrogen-bond acceptors (Lipinski definition) is 4. The fourth-order valence-electron chi connectivity index (χ4n) is 2.75. The van der Waals surface area contributed by atoms with Crippen molar-refractivity contribution in [3.63, 3.8) is 0 Å². The summed E-state index contributed by atoms with van der Waals surface area (Å²) in [7, 11) is 0. The molecule has 1 heterocycles. The van der Waals surface area contributed by atoms with E-state index in [1.807, 2.05) is 0 Å². The van der Waals surface area contributed by atoms with Crippen LogP contribution in [0.15, 0.2) is 36.4 Å². The van der Waals surface area contributed by atoms with E-state index in [0.717, 1.165) is 18.2 Å². The van der Waals surface area contributed by atoms with E-state index in [-0.39, 0.29) is 34.5 Å². The van der Waals surface area contributed by atoms with Crippen LogP contribution in [0.5, 0.6) is 5.75 Å². The number of nitrogens with one attached hydrogen (secondary N) is 1. The molecule has 0 amide bonds. The van der Waals surface area contributed by atoms with Gasteiger partial charge in [-0.2, -0.15) is 18.4 Å². The molecule has 0 saturated carbocycles. The summed E-state index contributed by atoms with van der Waals surface area (Å²) in [6, 6.07) is 6.75. The number of alkyl halides is 6. The first-order valence-corrected chi connectivity index (χ1v) is 8.02. The van der Waals surface area contributed by atoms with Gasteiger partial charge in [-0.25, -0.2) is 9.49 Å². The molecule has 0 saturated heterocycles. The lowest BCUT2D eigenvalue weighted by Crippen LogP contribution is -2.17. The molecule has 0 radical (unpaired) electrons. The third-order valence-corrected chi connectivity index (χ3v) is 3.83. The highest BCUT2D eigenvalue weighted by Crippen LogP contribution is 2.33. The lowest BCUT2D eigenvalue weighted by Gasteiger charge is -2.13. The predicted molar refractivity (Wildman–Crippen MR) is 87.4 cm³/mol. The van der Waals surface area contributed by atoms with Crippen LogP contribution < -0.4 is 4.74 Å². The van der Waals surface area contributed by atoms with E-state index in [4.69, 9.17) is 5.26 Å². The zero-order valence-corrected chi connectivity index (χ0v) is 14.6. The Bertz CT molecular complexity index is 1110. The summed E-state index contributed by atoms with van der Waals surface area (Å²) < 4.78 is 94.3. The summed E-state index contributed by atoms with van der Waals surface area (Å²) in [6.07, 6.45) is -10.2. The molecule has 1 N–H and O–H groups in total. The second-order valence-corrected chi connectivity index (χ2v) is 6.08. The number of nitriles is 1. The van der Waals surface area contributed by atoms with E-state index in [2.05, 4.69) is 20.1 Å². The van der Waals surface area contributed by atoms with Gasteiger partial charge in [0.1, 0.15) is 23.3 Å². The smallest absolute Gasteiger partial charge is 0.406 e. The molecular weight excluding hydrogens is 421 g/mol. The van der Waals surface area contributed by atoms with Crippen LogP contribution in [0.2, 0.25) is 0 Å². The van der Waals surface area contributed by atoms with Crippen LogP contribution in [0.3, 0.4) is 0 Å². The molecule has 0 spiro atoms. The van der Waals surface area contributed by atoms with E-state index < -0.39 is 29.7 Å². The quantitative estimate of drug-likeness (QED) is 0.592. The van der Waals surface area contributed by atoms with Crippen molar-refractivity contribution in [2.75, 3.05) is 0 Å². The maximum atomic E-state index is 13.6. The normalized spacial score (nSPS) is 11.9. The monoisotopic (exact) mass is 430 g/mol. The number of H-pyrrole nitrogens is 1. The average molecular weight is 430 g/mol. The zero-order valence-electron chi connectivity index (χ0n) is 14.6. The zero-order chi connectivity index (χ0) is 22.1. The van der Waals surface area contributed by atoms with Gasteiger partial charge in [0.2, 0.25) is 0 Å². The summed E-state index contributed by atoms with van der Waals surface area (Å²) in [5, 5.41) is 18.3. The standard InChI is InChI=1S/C18H9F7N4O/c19-13-4-10(3-12(7-13)17(20,21)22)1-9-2-11(16-15(8-26)27-29-28-16)6-14(5-9)30-18(23,24)25/h2-7H,1H2,(H,27,28,29). The van der Waals surface area contributed by atoms with Gasteiger partial charge in [-0.1, -0.05) is 5.21 Å². The van der Waals surface area contributed by atoms with Crippen molar-refractivity contribution in [1.82, 2.24) is 15.4 Å². The van der Waals surface area contributed by atoms with Gasteiger partial charge in [0.05, 0.1) is 5.56 Å². The first-order valence-electron chi connectivity index (χ1n) is 8.02. The predicted octanol–water partition coefficient (Wildman–Crippen LogP) is 4.99. The maximum absolute atomic E-state index is 13.6. The Morgan fingerprint density at radius 1 is 0.967 bits per heavy atom. The minimum Gasteiger partial charge on any atom is -0.406 e. The van der Waals surface area contributed by atoms with Crippen molar-refractivity contribution >= 4 is 0 Å².